The molecule has 2 aromatic rings. The van der Waals surface area contributed by atoms with E-state index in [-0.39, 0.29) is 28.9 Å². The summed E-state index contributed by atoms with van der Waals surface area (Å²) >= 11 is 0. The number of carbonyl (C=O) groups excluding carboxylic acids is 2. The van der Waals surface area contributed by atoms with Gasteiger partial charge in [-0.3, -0.25) is 9.59 Å². The normalized spacial score (nSPS) is 15.4. The van der Waals surface area contributed by atoms with Gasteiger partial charge in [0.25, 0.3) is 0 Å². The molecule has 1 aliphatic carbocycles. The van der Waals surface area contributed by atoms with Crippen LogP contribution in [0, 0.1) is 17.2 Å². The van der Waals surface area contributed by atoms with Crippen molar-refractivity contribution in [1.29, 1.82) is 5.26 Å². The zero-order chi connectivity index (χ0) is 21.3. The highest BCUT2D eigenvalue weighted by atomic mass is 32.2. The minimum absolute atomic E-state index is 0.119. The molecule has 1 aliphatic heterocycles. The molecule has 0 atom stereocenters. The van der Waals surface area contributed by atoms with Crippen LogP contribution in [0.4, 0.5) is 11.4 Å². The Morgan fingerprint density at radius 3 is 2.53 bits per heavy atom. The lowest BCUT2D eigenvalue weighted by atomic mass is 10.2. The van der Waals surface area contributed by atoms with Crippen LogP contribution in [0.25, 0.3) is 0 Å². The molecule has 2 amide bonds. The molecule has 0 radical (unpaired) electrons. The predicted octanol–water partition coefficient (Wildman–Crippen LogP) is 2.66. The van der Waals surface area contributed by atoms with E-state index in [1.165, 1.54) is 6.07 Å². The number of hydrogen-bond donors (Lipinski definition) is 1. The summed E-state index contributed by atoms with van der Waals surface area (Å²) in [5.74, 6) is -0.470. The smallest absolute Gasteiger partial charge is 0.230 e. The van der Waals surface area contributed by atoms with E-state index in [1.807, 2.05) is 6.07 Å². The third kappa shape index (κ3) is 4.21. The second-order valence-electron chi connectivity index (χ2n) is 7.61. The van der Waals surface area contributed by atoms with Crippen LogP contribution in [-0.4, -0.2) is 32.5 Å². The number of nitriles is 1. The molecule has 2 aliphatic rings. The molecule has 1 N–H and O–H groups in total. The van der Waals surface area contributed by atoms with Crippen LogP contribution in [0.2, 0.25) is 0 Å². The van der Waals surface area contributed by atoms with Gasteiger partial charge >= 0.3 is 0 Å². The fourth-order valence-electron chi connectivity index (χ4n) is 3.55. The molecule has 0 aromatic heterocycles. The molecule has 4 rings (SSSR count). The Bertz CT molecular complexity index is 1150. The molecule has 1 heterocycles. The molecule has 7 nitrogen and oxygen atoms in total. The molecule has 2 aromatic carbocycles. The van der Waals surface area contributed by atoms with Crippen molar-refractivity contribution in [1.82, 2.24) is 0 Å². The van der Waals surface area contributed by atoms with Gasteiger partial charge < -0.3 is 10.2 Å². The van der Waals surface area contributed by atoms with Gasteiger partial charge in [0, 0.05) is 30.3 Å². The van der Waals surface area contributed by atoms with Gasteiger partial charge in [-0.1, -0.05) is 0 Å². The molecule has 0 saturated heterocycles. The van der Waals surface area contributed by atoms with E-state index in [0.717, 1.165) is 24.1 Å². The Hall–Kier alpha value is -3.18. The molecule has 30 heavy (non-hydrogen) atoms. The fraction of sp³-hybridized carbons (Fsp3) is 0.318. The maximum Gasteiger partial charge on any atom is 0.230 e. The van der Waals surface area contributed by atoms with Crippen molar-refractivity contribution in [2.75, 3.05) is 22.5 Å². The third-order valence-electron chi connectivity index (χ3n) is 5.39. The first kappa shape index (κ1) is 20.1. The Labute approximate surface area is 175 Å². The maximum atomic E-state index is 12.7. The first-order chi connectivity index (χ1) is 14.4. The molecule has 0 spiro atoms. The number of carbonyl (C=O) groups is 2. The second kappa shape index (κ2) is 7.92. The molecule has 8 heteroatoms. The first-order valence-corrected chi connectivity index (χ1v) is 11.5. The third-order valence-corrected chi connectivity index (χ3v) is 7.11. The van der Waals surface area contributed by atoms with Gasteiger partial charge in [0.15, 0.2) is 9.84 Å². The lowest BCUT2D eigenvalue weighted by Gasteiger charge is -2.17. The Morgan fingerprint density at radius 2 is 1.87 bits per heavy atom. The maximum absolute atomic E-state index is 12.7. The first-order valence-electron chi connectivity index (χ1n) is 9.84. The van der Waals surface area contributed by atoms with Crippen molar-refractivity contribution < 1.29 is 18.0 Å². The highest BCUT2D eigenvalue weighted by molar-refractivity contribution is 7.91. The second-order valence-corrected chi connectivity index (χ2v) is 9.72. The zero-order valence-corrected chi connectivity index (χ0v) is 17.1. The molecule has 0 bridgehead atoms. The van der Waals surface area contributed by atoms with Crippen molar-refractivity contribution in [3.05, 3.63) is 53.6 Å². The van der Waals surface area contributed by atoms with Gasteiger partial charge in [-0.25, -0.2) is 8.42 Å². The number of nitrogens with zero attached hydrogens (tertiary/aromatic N) is 2. The van der Waals surface area contributed by atoms with E-state index < -0.39 is 15.7 Å². The van der Waals surface area contributed by atoms with E-state index in [0.29, 0.717) is 24.2 Å². The van der Waals surface area contributed by atoms with Gasteiger partial charge in [0.05, 0.1) is 22.3 Å². The molecule has 1 saturated carbocycles. The number of benzene rings is 2. The Kier molecular flexibility index (Phi) is 5.31. The van der Waals surface area contributed by atoms with Crippen molar-refractivity contribution in [3.8, 4) is 6.07 Å². The molecular formula is C22H21N3O4S. The lowest BCUT2D eigenvalue weighted by Crippen LogP contribution is -2.30. The van der Waals surface area contributed by atoms with Crippen molar-refractivity contribution >= 4 is 33.0 Å². The van der Waals surface area contributed by atoms with Crippen molar-refractivity contribution in [2.24, 2.45) is 5.92 Å². The summed E-state index contributed by atoms with van der Waals surface area (Å²) in [5, 5.41) is 11.4. The minimum Gasteiger partial charge on any atom is -0.326 e. The SMILES string of the molecule is N#Cc1ccc(NC(=O)CCS(=O)(=O)c2ccc3c(c2)CCN3C(=O)C2CC2)cc1. The highest BCUT2D eigenvalue weighted by Gasteiger charge is 2.36. The molecule has 1 fully saturated rings. The van der Waals surface area contributed by atoms with Gasteiger partial charge in [-0.15, -0.1) is 0 Å². The van der Waals surface area contributed by atoms with E-state index in [9.17, 15) is 18.0 Å². The van der Waals surface area contributed by atoms with Gasteiger partial charge in [0.1, 0.15) is 0 Å². The number of rotatable bonds is 6. The van der Waals surface area contributed by atoms with E-state index >= 15 is 0 Å². The van der Waals surface area contributed by atoms with Crippen LogP contribution in [0.1, 0.15) is 30.4 Å². The average Bonchev–Trinajstić information content (AvgIpc) is 3.51. The Morgan fingerprint density at radius 1 is 1.13 bits per heavy atom. The average molecular weight is 423 g/mol. The zero-order valence-electron chi connectivity index (χ0n) is 16.3. The number of fused-ring (bicyclic) bond motifs is 1. The van der Waals surface area contributed by atoms with Crippen molar-refractivity contribution in [3.63, 3.8) is 0 Å². The van der Waals surface area contributed by atoms with Crippen LogP contribution in [0.15, 0.2) is 47.4 Å². The number of sulfone groups is 1. The lowest BCUT2D eigenvalue weighted by molar-refractivity contribution is -0.119. The summed E-state index contributed by atoms with van der Waals surface area (Å²) in [6.07, 6.45) is 2.32. The number of amides is 2. The van der Waals surface area contributed by atoms with Gasteiger partial charge in [0.2, 0.25) is 11.8 Å². The van der Waals surface area contributed by atoms with Crippen LogP contribution in [0.3, 0.4) is 0 Å². The fourth-order valence-corrected chi connectivity index (χ4v) is 4.83. The Balaban J connectivity index is 1.39. The van der Waals surface area contributed by atoms with Crippen LogP contribution < -0.4 is 10.2 Å². The van der Waals surface area contributed by atoms with Gasteiger partial charge in [-0.2, -0.15) is 5.26 Å². The van der Waals surface area contributed by atoms with Gasteiger partial charge in [-0.05, 0) is 67.3 Å². The summed E-state index contributed by atoms with van der Waals surface area (Å²) in [6, 6.07) is 13.2. The van der Waals surface area contributed by atoms with Crippen LogP contribution >= 0.6 is 0 Å². The monoisotopic (exact) mass is 423 g/mol. The molecule has 0 unspecified atom stereocenters. The summed E-state index contributed by atoms with van der Waals surface area (Å²) < 4.78 is 25.4. The number of anilines is 2. The highest BCUT2D eigenvalue weighted by Crippen LogP contribution is 2.37. The topological polar surface area (TPSA) is 107 Å². The minimum atomic E-state index is -3.63. The predicted molar refractivity (Wildman–Crippen MR) is 112 cm³/mol. The van der Waals surface area contributed by atoms with E-state index in [1.54, 1.807) is 41.3 Å². The van der Waals surface area contributed by atoms with E-state index in [4.69, 9.17) is 5.26 Å². The number of nitrogens with one attached hydrogen (secondary N) is 1. The van der Waals surface area contributed by atoms with E-state index in [2.05, 4.69) is 5.32 Å². The van der Waals surface area contributed by atoms with Crippen LogP contribution in [0.5, 0.6) is 0 Å². The standard InChI is InChI=1S/C22H21N3O4S/c23-14-15-1-5-18(6-2-15)24-21(26)10-12-30(28,29)19-7-8-20-17(13-19)9-11-25(20)22(27)16-3-4-16/h1-2,5-8,13,16H,3-4,9-12H2,(H,24,26). The summed E-state index contributed by atoms with van der Waals surface area (Å²) in [5.41, 5.74) is 2.63. The molecular weight excluding hydrogens is 402 g/mol. The van der Waals surface area contributed by atoms with Crippen molar-refractivity contribution in [2.45, 2.75) is 30.6 Å². The number of hydrogen-bond acceptors (Lipinski definition) is 5. The summed E-state index contributed by atoms with van der Waals surface area (Å²) in [6.45, 7) is 0.584. The quantitative estimate of drug-likeness (QED) is 0.769. The summed E-state index contributed by atoms with van der Waals surface area (Å²) in [7, 11) is -3.63. The molecule has 154 valence electrons. The summed E-state index contributed by atoms with van der Waals surface area (Å²) in [4.78, 5) is 26.4. The van der Waals surface area contributed by atoms with Crippen LogP contribution in [-0.2, 0) is 25.8 Å². The largest absolute Gasteiger partial charge is 0.326 e.